The Bertz CT molecular complexity index is 1050. The van der Waals surface area contributed by atoms with Gasteiger partial charge >= 0.3 is 11.9 Å². The molecule has 0 spiro atoms. The number of benzene rings is 2. The summed E-state index contributed by atoms with van der Waals surface area (Å²) in [6, 6.07) is 14.9. The van der Waals surface area contributed by atoms with Gasteiger partial charge in [-0.05, 0) is 24.3 Å². The lowest BCUT2D eigenvalue weighted by Crippen LogP contribution is -2.71. The number of ether oxygens (including phenoxy) is 4. The van der Waals surface area contributed by atoms with Crippen molar-refractivity contribution in [1.82, 2.24) is 0 Å². The summed E-state index contributed by atoms with van der Waals surface area (Å²) in [5.74, 6) is -1.01. The van der Waals surface area contributed by atoms with Crippen LogP contribution in [-0.4, -0.2) is 49.8 Å². The molecule has 8 heteroatoms. The molecule has 1 aliphatic heterocycles. The normalized spacial score (nSPS) is 18.6. The fraction of sp³-hybridized carbons (Fsp3) is 0.296. The summed E-state index contributed by atoms with van der Waals surface area (Å²) in [6.07, 6.45) is 0.472. The number of hydrogen-bond acceptors (Lipinski definition) is 7. The average Bonchev–Trinajstić information content (AvgIpc) is 2.86. The first-order valence-corrected chi connectivity index (χ1v) is 11.1. The third-order valence-corrected chi connectivity index (χ3v) is 5.48. The molecule has 1 aliphatic rings. The van der Waals surface area contributed by atoms with E-state index in [2.05, 4.69) is 13.2 Å². The standard InChI is InChI=1S/C27H29NO7/c1-5-10-22(35-27(31)24(34-18(3)29)19-11-8-7-9-12-19)23-25(33-17-6-2)26(30)28(23)20-13-15-21(32-4)16-14-20/h5-9,11-16,22-25H,1-2,10,17H2,3-4H3/t22?,23-,24+,25+/m0/s1. The van der Waals surface area contributed by atoms with E-state index in [4.69, 9.17) is 18.9 Å². The van der Waals surface area contributed by atoms with E-state index in [1.807, 2.05) is 0 Å². The van der Waals surface area contributed by atoms with Gasteiger partial charge in [0, 0.05) is 24.6 Å². The number of anilines is 1. The van der Waals surface area contributed by atoms with Gasteiger partial charge in [0.1, 0.15) is 17.9 Å². The molecule has 2 aromatic rings. The van der Waals surface area contributed by atoms with Gasteiger partial charge in [-0.1, -0.05) is 42.5 Å². The smallest absolute Gasteiger partial charge is 0.352 e. The van der Waals surface area contributed by atoms with Crippen LogP contribution in [0.3, 0.4) is 0 Å². The lowest BCUT2D eigenvalue weighted by atomic mass is 9.89. The Morgan fingerprint density at radius 1 is 1.03 bits per heavy atom. The third-order valence-electron chi connectivity index (χ3n) is 5.48. The van der Waals surface area contributed by atoms with Crippen LogP contribution in [0.25, 0.3) is 0 Å². The molecule has 0 N–H and O–H groups in total. The van der Waals surface area contributed by atoms with Crippen LogP contribution in [0.4, 0.5) is 5.69 Å². The second-order valence-corrected chi connectivity index (χ2v) is 7.84. The van der Waals surface area contributed by atoms with Crippen molar-refractivity contribution in [3.63, 3.8) is 0 Å². The second kappa shape index (κ2) is 12.0. The number of amides is 1. The zero-order valence-electron chi connectivity index (χ0n) is 19.8. The fourth-order valence-electron chi connectivity index (χ4n) is 3.91. The lowest BCUT2D eigenvalue weighted by Gasteiger charge is -2.49. The van der Waals surface area contributed by atoms with Crippen LogP contribution in [0.15, 0.2) is 79.9 Å². The minimum absolute atomic E-state index is 0.151. The van der Waals surface area contributed by atoms with Gasteiger partial charge in [-0.2, -0.15) is 0 Å². The third kappa shape index (κ3) is 5.96. The maximum absolute atomic E-state index is 13.2. The van der Waals surface area contributed by atoms with Crippen molar-refractivity contribution in [2.75, 3.05) is 18.6 Å². The molecule has 184 valence electrons. The molecule has 1 unspecified atom stereocenters. The van der Waals surface area contributed by atoms with E-state index >= 15 is 0 Å². The Morgan fingerprint density at radius 2 is 1.71 bits per heavy atom. The fourth-order valence-corrected chi connectivity index (χ4v) is 3.91. The summed E-state index contributed by atoms with van der Waals surface area (Å²) in [5, 5.41) is 0. The van der Waals surface area contributed by atoms with Crippen LogP contribution >= 0.6 is 0 Å². The molecule has 0 radical (unpaired) electrons. The van der Waals surface area contributed by atoms with Crippen molar-refractivity contribution in [1.29, 1.82) is 0 Å². The molecule has 8 nitrogen and oxygen atoms in total. The quantitative estimate of drug-likeness (QED) is 0.260. The highest BCUT2D eigenvalue weighted by Gasteiger charge is 2.54. The average molecular weight is 480 g/mol. The molecule has 0 aromatic heterocycles. The van der Waals surface area contributed by atoms with Crippen molar-refractivity contribution in [3.8, 4) is 5.75 Å². The van der Waals surface area contributed by atoms with Crippen LogP contribution in [0.5, 0.6) is 5.75 Å². The first-order chi connectivity index (χ1) is 16.9. The maximum atomic E-state index is 13.2. The maximum Gasteiger partial charge on any atom is 0.352 e. The molecule has 1 amide bonds. The van der Waals surface area contributed by atoms with E-state index in [-0.39, 0.29) is 18.9 Å². The van der Waals surface area contributed by atoms with Crippen molar-refractivity contribution in [2.45, 2.75) is 37.7 Å². The van der Waals surface area contributed by atoms with Crippen LogP contribution in [0.1, 0.15) is 25.0 Å². The Balaban J connectivity index is 1.91. The minimum Gasteiger partial charge on any atom is -0.497 e. The molecule has 1 saturated heterocycles. The van der Waals surface area contributed by atoms with Gasteiger partial charge in [-0.25, -0.2) is 4.79 Å². The number of carbonyl (C=O) groups excluding carboxylic acids is 3. The van der Waals surface area contributed by atoms with Gasteiger partial charge in [0.15, 0.2) is 6.10 Å². The number of rotatable bonds is 12. The van der Waals surface area contributed by atoms with Crippen molar-refractivity contribution >= 4 is 23.5 Å². The van der Waals surface area contributed by atoms with Gasteiger partial charge in [0.05, 0.1) is 13.7 Å². The van der Waals surface area contributed by atoms with E-state index in [0.29, 0.717) is 17.0 Å². The molecule has 3 rings (SSSR count). The molecule has 4 atom stereocenters. The minimum atomic E-state index is -1.25. The van der Waals surface area contributed by atoms with Crippen LogP contribution in [-0.2, 0) is 28.6 Å². The van der Waals surface area contributed by atoms with Gasteiger partial charge in [-0.15, -0.1) is 13.2 Å². The number of carbonyl (C=O) groups is 3. The number of hydrogen-bond donors (Lipinski definition) is 0. The second-order valence-electron chi connectivity index (χ2n) is 7.84. The molecular weight excluding hydrogens is 450 g/mol. The molecular formula is C27H29NO7. The van der Waals surface area contributed by atoms with E-state index < -0.39 is 36.3 Å². The van der Waals surface area contributed by atoms with Gasteiger partial charge < -0.3 is 23.8 Å². The Labute approximate surface area is 204 Å². The first kappa shape index (κ1) is 25.7. The van der Waals surface area contributed by atoms with E-state index in [1.165, 1.54) is 11.8 Å². The topological polar surface area (TPSA) is 91.4 Å². The summed E-state index contributed by atoms with van der Waals surface area (Å²) in [7, 11) is 1.55. The number of methoxy groups -OCH3 is 1. The predicted molar refractivity (Wildman–Crippen MR) is 130 cm³/mol. The van der Waals surface area contributed by atoms with Gasteiger partial charge in [0.25, 0.3) is 5.91 Å². The van der Waals surface area contributed by atoms with Crippen LogP contribution in [0.2, 0.25) is 0 Å². The summed E-state index contributed by atoms with van der Waals surface area (Å²) in [6.45, 7) is 8.78. The highest BCUT2D eigenvalue weighted by Crippen LogP contribution is 2.36. The summed E-state index contributed by atoms with van der Waals surface area (Å²) in [5.41, 5.74) is 1.07. The molecule has 1 heterocycles. The van der Waals surface area contributed by atoms with E-state index in [0.717, 1.165) is 0 Å². The predicted octanol–water partition coefficient (Wildman–Crippen LogP) is 3.77. The molecule has 2 aromatic carbocycles. The van der Waals surface area contributed by atoms with Crippen molar-refractivity contribution in [2.24, 2.45) is 0 Å². The summed E-state index contributed by atoms with van der Waals surface area (Å²) in [4.78, 5) is 39.5. The van der Waals surface area contributed by atoms with Crippen molar-refractivity contribution < 1.29 is 33.3 Å². The zero-order chi connectivity index (χ0) is 25.4. The number of esters is 2. The Kier molecular flexibility index (Phi) is 8.80. The van der Waals surface area contributed by atoms with Crippen molar-refractivity contribution in [3.05, 3.63) is 85.5 Å². The van der Waals surface area contributed by atoms with Crippen LogP contribution < -0.4 is 9.64 Å². The Morgan fingerprint density at radius 3 is 2.29 bits per heavy atom. The van der Waals surface area contributed by atoms with Gasteiger partial charge in [-0.3, -0.25) is 9.59 Å². The Hall–Kier alpha value is -3.91. The highest BCUT2D eigenvalue weighted by atomic mass is 16.6. The molecule has 0 bridgehead atoms. The largest absolute Gasteiger partial charge is 0.497 e. The highest BCUT2D eigenvalue weighted by molar-refractivity contribution is 6.05. The molecule has 0 aliphatic carbocycles. The molecule has 0 saturated carbocycles. The first-order valence-electron chi connectivity index (χ1n) is 11.1. The summed E-state index contributed by atoms with van der Waals surface area (Å²) < 4.78 is 22.1. The van der Waals surface area contributed by atoms with E-state index in [1.54, 1.807) is 73.9 Å². The zero-order valence-corrected chi connectivity index (χ0v) is 19.8. The number of β-lactam (4-membered cyclic amide) rings is 1. The monoisotopic (exact) mass is 479 g/mol. The van der Waals surface area contributed by atoms with Crippen LogP contribution in [0, 0.1) is 0 Å². The van der Waals surface area contributed by atoms with Gasteiger partial charge in [0.2, 0.25) is 6.10 Å². The molecule has 1 fully saturated rings. The summed E-state index contributed by atoms with van der Waals surface area (Å²) >= 11 is 0. The molecule has 35 heavy (non-hydrogen) atoms. The number of nitrogens with zero attached hydrogens (tertiary/aromatic N) is 1. The SMILES string of the molecule is C=CCO[C@H]1C(=O)N(c2ccc(OC)cc2)[C@H]1C(CC=C)OC(=O)[C@H](OC(C)=O)c1ccccc1. The lowest BCUT2D eigenvalue weighted by molar-refractivity contribution is -0.176. The van der Waals surface area contributed by atoms with E-state index in [9.17, 15) is 14.4 Å².